The highest BCUT2D eigenvalue weighted by Gasteiger charge is 2.18. The lowest BCUT2D eigenvalue weighted by Gasteiger charge is -2.21. The summed E-state index contributed by atoms with van der Waals surface area (Å²) in [5.41, 5.74) is 6.31. The van der Waals surface area contributed by atoms with Crippen molar-refractivity contribution in [1.29, 1.82) is 0 Å². The Morgan fingerprint density at radius 2 is 2.00 bits per heavy atom. The van der Waals surface area contributed by atoms with Gasteiger partial charge in [0.25, 0.3) is 6.43 Å². The lowest BCUT2D eigenvalue weighted by Crippen LogP contribution is -2.32. The Hall–Kier alpha value is -1.40. The van der Waals surface area contributed by atoms with Gasteiger partial charge in [-0.05, 0) is 6.07 Å². The highest BCUT2D eigenvalue weighted by molar-refractivity contribution is 5.48. The molecule has 0 aromatic heterocycles. The second-order valence-corrected chi connectivity index (χ2v) is 3.67. The molecule has 1 unspecified atom stereocenters. The quantitative estimate of drug-likeness (QED) is 0.781. The van der Waals surface area contributed by atoms with Crippen molar-refractivity contribution in [2.75, 3.05) is 27.3 Å². The van der Waals surface area contributed by atoms with Crippen molar-refractivity contribution in [2.24, 2.45) is 5.73 Å². The van der Waals surface area contributed by atoms with Gasteiger partial charge in [0, 0.05) is 18.2 Å². The van der Waals surface area contributed by atoms with Crippen LogP contribution in [0.2, 0.25) is 0 Å². The van der Waals surface area contributed by atoms with Crippen molar-refractivity contribution in [1.82, 2.24) is 5.32 Å². The van der Waals surface area contributed by atoms with Gasteiger partial charge in [0.05, 0.1) is 20.8 Å². The van der Waals surface area contributed by atoms with Crippen LogP contribution in [0.1, 0.15) is 11.6 Å². The Bertz CT molecular complexity index is 375. The molecule has 18 heavy (non-hydrogen) atoms. The highest BCUT2D eigenvalue weighted by Crippen LogP contribution is 2.34. The molecule has 3 N–H and O–H groups in total. The van der Waals surface area contributed by atoms with Crippen molar-refractivity contribution < 1.29 is 18.3 Å². The minimum Gasteiger partial charge on any atom is -0.493 e. The van der Waals surface area contributed by atoms with Crippen LogP contribution in [0.4, 0.5) is 8.78 Å². The maximum Gasteiger partial charge on any atom is 0.250 e. The number of nitrogens with one attached hydrogen (secondary N) is 1. The van der Waals surface area contributed by atoms with Gasteiger partial charge in [-0.3, -0.25) is 0 Å². The van der Waals surface area contributed by atoms with Crippen LogP contribution in [-0.4, -0.2) is 33.7 Å². The van der Waals surface area contributed by atoms with Crippen LogP contribution in [0.3, 0.4) is 0 Å². The number of methoxy groups -OCH3 is 2. The van der Waals surface area contributed by atoms with Gasteiger partial charge in [-0.15, -0.1) is 0 Å². The topological polar surface area (TPSA) is 56.5 Å². The molecule has 1 aromatic rings. The number of para-hydroxylation sites is 1. The lowest BCUT2D eigenvalue weighted by atomic mass is 10.0. The molecule has 0 fully saturated rings. The Labute approximate surface area is 105 Å². The fourth-order valence-electron chi connectivity index (χ4n) is 1.74. The predicted octanol–water partition coefficient (Wildman–Crippen LogP) is 1.56. The Morgan fingerprint density at radius 1 is 1.28 bits per heavy atom. The molecule has 0 aliphatic rings. The van der Waals surface area contributed by atoms with E-state index in [2.05, 4.69) is 5.32 Å². The highest BCUT2D eigenvalue weighted by atomic mass is 19.3. The van der Waals surface area contributed by atoms with Crippen LogP contribution in [0.25, 0.3) is 0 Å². The predicted molar refractivity (Wildman–Crippen MR) is 65.3 cm³/mol. The van der Waals surface area contributed by atoms with E-state index in [0.29, 0.717) is 17.1 Å². The van der Waals surface area contributed by atoms with Gasteiger partial charge >= 0.3 is 0 Å². The molecule has 102 valence electrons. The van der Waals surface area contributed by atoms with E-state index in [0.717, 1.165) is 0 Å². The molecule has 4 nitrogen and oxygen atoms in total. The maximum absolute atomic E-state index is 12.2. The van der Waals surface area contributed by atoms with E-state index >= 15 is 0 Å². The number of nitrogens with two attached hydrogens (primary N) is 1. The van der Waals surface area contributed by atoms with E-state index in [1.54, 1.807) is 18.2 Å². The second-order valence-electron chi connectivity index (χ2n) is 3.67. The number of alkyl halides is 2. The summed E-state index contributed by atoms with van der Waals surface area (Å²) in [6.45, 7) is -0.224. The summed E-state index contributed by atoms with van der Waals surface area (Å²) in [5, 5.41) is 2.70. The Balaban J connectivity index is 2.97. The SMILES string of the molecule is COc1cccc(C(CN)NCC(F)F)c1OC. The fraction of sp³-hybridized carbons (Fsp3) is 0.500. The zero-order valence-corrected chi connectivity index (χ0v) is 10.5. The van der Waals surface area contributed by atoms with Gasteiger partial charge in [0.1, 0.15) is 0 Å². The van der Waals surface area contributed by atoms with Crippen LogP contribution in [0, 0.1) is 0 Å². The van der Waals surface area contributed by atoms with Gasteiger partial charge in [0.15, 0.2) is 11.5 Å². The lowest BCUT2D eigenvalue weighted by molar-refractivity contribution is 0.141. The molecule has 1 aromatic carbocycles. The minimum absolute atomic E-state index is 0.191. The molecule has 0 aliphatic heterocycles. The Morgan fingerprint density at radius 3 is 2.50 bits per heavy atom. The van der Waals surface area contributed by atoms with Crippen LogP contribution >= 0.6 is 0 Å². The van der Waals surface area contributed by atoms with Crippen LogP contribution in [0.5, 0.6) is 11.5 Å². The number of hydrogen-bond acceptors (Lipinski definition) is 4. The van der Waals surface area contributed by atoms with Crippen molar-refractivity contribution in [3.8, 4) is 11.5 Å². The van der Waals surface area contributed by atoms with Crippen molar-refractivity contribution >= 4 is 0 Å². The van der Waals surface area contributed by atoms with E-state index in [1.807, 2.05) is 0 Å². The van der Waals surface area contributed by atoms with Crippen LogP contribution < -0.4 is 20.5 Å². The average molecular weight is 260 g/mol. The van der Waals surface area contributed by atoms with Crippen LogP contribution in [0.15, 0.2) is 18.2 Å². The molecule has 1 rings (SSSR count). The van der Waals surface area contributed by atoms with E-state index in [9.17, 15) is 8.78 Å². The molecule has 0 aliphatic carbocycles. The molecule has 0 saturated heterocycles. The standard InChI is InChI=1S/C12H18F2N2O2/c1-17-10-5-3-4-8(12(10)18-2)9(6-15)16-7-11(13)14/h3-5,9,11,16H,6-7,15H2,1-2H3. The van der Waals surface area contributed by atoms with Gasteiger partial charge in [-0.2, -0.15) is 0 Å². The molecule has 6 heteroatoms. The Kier molecular flexibility index (Phi) is 5.80. The zero-order valence-electron chi connectivity index (χ0n) is 10.5. The van der Waals surface area contributed by atoms with E-state index < -0.39 is 19.0 Å². The number of benzene rings is 1. The molecular formula is C12H18F2N2O2. The first kappa shape index (κ1) is 14.7. The maximum atomic E-state index is 12.2. The van der Waals surface area contributed by atoms with Crippen LogP contribution in [-0.2, 0) is 0 Å². The number of halogens is 2. The summed E-state index contributed by atoms with van der Waals surface area (Å²) in [6.07, 6.45) is -2.42. The summed E-state index contributed by atoms with van der Waals surface area (Å²) < 4.78 is 34.8. The first-order valence-corrected chi connectivity index (χ1v) is 5.56. The molecule has 0 amide bonds. The third-order valence-corrected chi connectivity index (χ3v) is 2.56. The summed E-state index contributed by atoms with van der Waals surface area (Å²) in [5.74, 6) is 1.06. The van der Waals surface area contributed by atoms with E-state index in [4.69, 9.17) is 15.2 Å². The van der Waals surface area contributed by atoms with Gasteiger partial charge in [0.2, 0.25) is 0 Å². The summed E-state index contributed by atoms with van der Waals surface area (Å²) >= 11 is 0. The first-order valence-electron chi connectivity index (χ1n) is 5.56. The third-order valence-electron chi connectivity index (χ3n) is 2.56. The number of hydrogen-bond donors (Lipinski definition) is 2. The van der Waals surface area contributed by atoms with Crippen molar-refractivity contribution in [3.05, 3.63) is 23.8 Å². The van der Waals surface area contributed by atoms with Gasteiger partial charge in [-0.25, -0.2) is 8.78 Å². The zero-order chi connectivity index (χ0) is 13.5. The van der Waals surface area contributed by atoms with Gasteiger partial charge < -0.3 is 20.5 Å². The van der Waals surface area contributed by atoms with E-state index in [-0.39, 0.29) is 6.54 Å². The largest absolute Gasteiger partial charge is 0.493 e. The molecule has 0 radical (unpaired) electrons. The van der Waals surface area contributed by atoms with Gasteiger partial charge in [-0.1, -0.05) is 12.1 Å². The molecular weight excluding hydrogens is 242 g/mol. The fourth-order valence-corrected chi connectivity index (χ4v) is 1.74. The summed E-state index contributed by atoms with van der Waals surface area (Å²) in [7, 11) is 3.02. The van der Waals surface area contributed by atoms with Crippen molar-refractivity contribution in [3.63, 3.8) is 0 Å². The minimum atomic E-state index is -2.42. The summed E-state index contributed by atoms with van der Waals surface area (Å²) in [6, 6.07) is 4.88. The number of rotatable bonds is 7. The smallest absolute Gasteiger partial charge is 0.250 e. The number of ether oxygens (including phenoxy) is 2. The molecule has 0 spiro atoms. The molecule has 0 heterocycles. The van der Waals surface area contributed by atoms with Crippen molar-refractivity contribution in [2.45, 2.75) is 12.5 Å². The normalized spacial score (nSPS) is 12.6. The third kappa shape index (κ3) is 3.54. The molecule has 1 atom stereocenters. The molecule has 0 bridgehead atoms. The average Bonchev–Trinajstić information content (AvgIpc) is 2.38. The monoisotopic (exact) mass is 260 g/mol. The summed E-state index contributed by atoms with van der Waals surface area (Å²) in [4.78, 5) is 0. The van der Waals surface area contributed by atoms with E-state index in [1.165, 1.54) is 14.2 Å². The second kappa shape index (κ2) is 7.13. The molecule has 0 saturated carbocycles. The first-order chi connectivity index (χ1) is 8.63.